The molecule has 2 N–H and O–H groups in total. The number of ether oxygens (including phenoxy) is 1. The summed E-state index contributed by atoms with van der Waals surface area (Å²) in [5.41, 5.74) is 6.69. The fourth-order valence-corrected chi connectivity index (χ4v) is 1.94. The number of hydrogen-bond donors (Lipinski definition) is 1. The number of methoxy groups -OCH3 is 1. The Morgan fingerprint density at radius 3 is 2.88 bits per heavy atom. The number of nitrogens with two attached hydrogens (primary N) is 1. The van der Waals surface area contributed by atoms with E-state index in [-0.39, 0.29) is 0 Å². The van der Waals surface area contributed by atoms with Gasteiger partial charge in [-0.25, -0.2) is 9.78 Å². The third kappa shape index (κ3) is 3.13. The number of anilines is 1. The lowest BCUT2D eigenvalue weighted by atomic mass is 10.3. The lowest BCUT2D eigenvalue weighted by Crippen LogP contribution is -2.07. The standard InChI is InChI=1S/C11H16N2O2S/c1-4-7(2)16-10-8(12)5-6-9(13-10)11(14)15-3/h5-7H,4,12H2,1-3H3. The van der Waals surface area contributed by atoms with Crippen LogP contribution < -0.4 is 5.73 Å². The molecule has 0 aliphatic carbocycles. The molecule has 16 heavy (non-hydrogen) atoms. The number of aromatic nitrogens is 1. The van der Waals surface area contributed by atoms with Crippen LogP contribution in [-0.4, -0.2) is 23.3 Å². The molecule has 1 unspecified atom stereocenters. The van der Waals surface area contributed by atoms with E-state index < -0.39 is 5.97 Å². The molecule has 88 valence electrons. The van der Waals surface area contributed by atoms with Crippen LogP contribution in [0.4, 0.5) is 5.69 Å². The van der Waals surface area contributed by atoms with Gasteiger partial charge in [0.15, 0.2) is 0 Å². The van der Waals surface area contributed by atoms with Crippen molar-refractivity contribution in [3.63, 3.8) is 0 Å². The number of rotatable bonds is 4. The number of hydrogen-bond acceptors (Lipinski definition) is 5. The summed E-state index contributed by atoms with van der Waals surface area (Å²) in [6.07, 6.45) is 1.02. The van der Waals surface area contributed by atoms with Crippen molar-refractivity contribution < 1.29 is 9.53 Å². The second-order valence-electron chi connectivity index (χ2n) is 3.42. The van der Waals surface area contributed by atoms with Crippen molar-refractivity contribution in [2.24, 2.45) is 0 Å². The van der Waals surface area contributed by atoms with E-state index in [1.807, 2.05) is 0 Å². The minimum absolute atomic E-state index is 0.294. The van der Waals surface area contributed by atoms with Gasteiger partial charge < -0.3 is 10.5 Å². The van der Waals surface area contributed by atoms with Gasteiger partial charge in [0.2, 0.25) is 0 Å². The summed E-state index contributed by atoms with van der Waals surface area (Å²) in [4.78, 5) is 15.5. The van der Waals surface area contributed by atoms with E-state index in [4.69, 9.17) is 5.73 Å². The van der Waals surface area contributed by atoms with Crippen molar-refractivity contribution in [2.45, 2.75) is 30.5 Å². The maximum atomic E-state index is 11.3. The highest BCUT2D eigenvalue weighted by molar-refractivity contribution is 8.00. The molecule has 0 radical (unpaired) electrons. The van der Waals surface area contributed by atoms with E-state index in [2.05, 4.69) is 23.6 Å². The molecule has 0 saturated carbocycles. The molecule has 1 heterocycles. The van der Waals surface area contributed by atoms with Crippen LogP contribution in [0.1, 0.15) is 30.8 Å². The molecule has 0 amide bonds. The topological polar surface area (TPSA) is 65.2 Å². The molecule has 0 bridgehead atoms. The molecule has 0 aliphatic rings. The number of carbonyl (C=O) groups excluding carboxylic acids is 1. The van der Waals surface area contributed by atoms with Gasteiger partial charge in [0.05, 0.1) is 12.8 Å². The Balaban J connectivity index is 2.94. The Labute approximate surface area is 99.6 Å². The number of thioether (sulfide) groups is 1. The van der Waals surface area contributed by atoms with Crippen LogP contribution in [0.25, 0.3) is 0 Å². The van der Waals surface area contributed by atoms with Crippen molar-refractivity contribution in [1.82, 2.24) is 4.98 Å². The van der Waals surface area contributed by atoms with Gasteiger partial charge in [0.1, 0.15) is 10.7 Å². The second-order valence-corrected chi connectivity index (χ2v) is 4.85. The largest absolute Gasteiger partial charge is 0.464 e. The summed E-state index contributed by atoms with van der Waals surface area (Å²) in [5.74, 6) is -0.439. The average Bonchev–Trinajstić information content (AvgIpc) is 2.30. The molecule has 0 fully saturated rings. The molecule has 1 rings (SSSR count). The van der Waals surface area contributed by atoms with Gasteiger partial charge >= 0.3 is 5.97 Å². The monoisotopic (exact) mass is 240 g/mol. The van der Waals surface area contributed by atoms with Gasteiger partial charge in [-0.1, -0.05) is 13.8 Å². The molecule has 0 spiro atoms. The number of nitrogens with zero attached hydrogens (tertiary/aromatic N) is 1. The summed E-state index contributed by atoms with van der Waals surface area (Å²) in [7, 11) is 1.34. The first kappa shape index (κ1) is 12.8. The number of esters is 1. The van der Waals surface area contributed by atoms with E-state index in [9.17, 15) is 4.79 Å². The third-order valence-electron chi connectivity index (χ3n) is 2.17. The van der Waals surface area contributed by atoms with E-state index in [1.54, 1.807) is 23.9 Å². The zero-order valence-corrected chi connectivity index (χ0v) is 10.5. The van der Waals surface area contributed by atoms with Crippen molar-refractivity contribution in [3.05, 3.63) is 17.8 Å². The predicted molar refractivity (Wildman–Crippen MR) is 65.6 cm³/mol. The van der Waals surface area contributed by atoms with Gasteiger partial charge in [0, 0.05) is 5.25 Å². The summed E-state index contributed by atoms with van der Waals surface area (Å²) in [6.45, 7) is 4.19. The van der Waals surface area contributed by atoms with E-state index in [0.717, 1.165) is 6.42 Å². The van der Waals surface area contributed by atoms with E-state index in [1.165, 1.54) is 7.11 Å². The molecule has 1 atom stereocenters. The first-order valence-electron chi connectivity index (χ1n) is 5.10. The van der Waals surface area contributed by atoms with E-state index in [0.29, 0.717) is 21.7 Å². The molecule has 0 aliphatic heterocycles. The molecule has 5 heteroatoms. The minimum atomic E-state index is -0.439. The Morgan fingerprint density at radius 1 is 1.62 bits per heavy atom. The maximum Gasteiger partial charge on any atom is 0.356 e. The third-order valence-corrected chi connectivity index (χ3v) is 3.46. The summed E-state index contributed by atoms with van der Waals surface area (Å²) in [6, 6.07) is 3.26. The average molecular weight is 240 g/mol. The van der Waals surface area contributed by atoms with Crippen LogP contribution in [0.15, 0.2) is 17.2 Å². The predicted octanol–water partition coefficient (Wildman–Crippen LogP) is 2.34. The van der Waals surface area contributed by atoms with Crippen LogP contribution in [0, 0.1) is 0 Å². The minimum Gasteiger partial charge on any atom is -0.464 e. The van der Waals surface area contributed by atoms with Crippen LogP contribution in [0.5, 0.6) is 0 Å². The van der Waals surface area contributed by atoms with Gasteiger partial charge in [0.25, 0.3) is 0 Å². The van der Waals surface area contributed by atoms with Crippen LogP contribution in [0.2, 0.25) is 0 Å². The van der Waals surface area contributed by atoms with Crippen LogP contribution >= 0.6 is 11.8 Å². The van der Waals surface area contributed by atoms with Gasteiger partial charge in [-0.3, -0.25) is 0 Å². The molecule has 0 aromatic carbocycles. The first-order chi connectivity index (χ1) is 7.58. The Bertz CT molecular complexity index is 382. The molecular weight excluding hydrogens is 224 g/mol. The number of nitrogen functional groups attached to an aromatic ring is 1. The lowest BCUT2D eigenvalue weighted by molar-refractivity contribution is 0.0593. The smallest absolute Gasteiger partial charge is 0.356 e. The first-order valence-corrected chi connectivity index (χ1v) is 5.98. The normalized spacial score (nSPS) is 12.2. The molecule has 4 nitrogen and oxygen atoms in total. The molecule has 1 aromatic rings. The highest BCUT2D eigenvalue weighted by Gasteiger charge is 2.12. The Morgan fingerprint density at radius 2 is 2.31 bits per heavy atom. The summed E-state index contributed by atoms with van der Waals surface area (Å²) in [5, 5.41) is 1.11. The fourth-order valence-electron chi connectivity index (χ4n) is 1.04. The van der Waals surface area contributed by atoms with Crippen molar-refractivity contribution in [2.75, 3.05) is 12.8 Å². The van der Waals surface area contributed by atoms with Crippen molar-refractivity contribution in [1.29, 1.82) is 0 Å². The van der Waals surface area contributed by atoms with Crippen molar-refractivity contribution in [3.8, 4) is 0 Å². The number of pyridine rings is 1. The number of carbonyl (C=O) groups is 1. The Hall–Kier alpha value is -1.23. The summed E-state index contributed by atoms with van der Waals surface area (Å²) >= 11 is 1.57. The lowest BCUT2D eigenvalue weighted by Gasteiger charge is -2.10. The summed E-state index contributed by atoms with van der Waals surface area (Å²) < 4.78 is 4.61. The van der Waals surface area contributed by atoms with Crippen LogP contribution in [-0.2, 0) is 4.74 Å². The van der Waals surface area contributed by atoms with Crippen LogP contribution in [0.3, 0.4) is 0 Å². The quantitative estimate of drug-likeness (QED) is 0.646. The van der Waals surface area contributed by atoms with Gasteiger partial charge in [-0.15, -0.1) is 11.8 Å². The molecule has 1 aromatic heterocycles. The SMILES string of the molecule is CCC(C)Sc1nc(C(=O)OC)ccc1N. The van der Waals surface area contributed by atoms with E-state index >= 15 is 0 Å². The Kier molecular flexibility index (Phi) is 4.61. The molecular formula is C11H16N2O2S. The second kappa shape index (κ2) is 5.75. The van der Waals surface area contributed by atoms with Gasteiger partial charge in [-0.2, -0.15) is 0 Å². The van der Waals surface area contributed by atoms with Crippen molar-refractivity contribution >= 4 is 23.4 Å². The molecule has 0 saturated heterocycles. The highest BCUT2D eigenvalue weighted by Crippen LogP contribution is 2.28. The maximum absolute atomic E-state index is 11.3. The van der Waals surface area contributed by atoms with Gasteiger partial charge in [-0.05, 0) is 18.6 Å². The highest BCUT2D eigenvalue weighted by atomic mass is 32.2. The fraction of sp³-hybridized carbons (Fsp3) is 0.455. The zero-order chi connectivity index (χ0) is 12.1. The zero-order valence-electron chi connectivity index (χ0n) is 9.69.